The lowest BCUT2D eigenvalue weighted by atomic mass is 9.67. The number of ether oxygens (including phenoxy) is 2. The van der Waals surface area contributed by atoms with Gasteiger partial charge in [0.15, 0.2) is 0 Å². The number of carboxylic acid groups (broad SMARTS) is 1. The highest BCUT2D eigenvalue weighted by molar-refractivity contribution is 6.26. The Morgan fingerprint density at radius 3 is 2.45 bits per heavy atom. The highest BCUT2D eigenvalue weighted by Gasteiger charge is 2.73. The van der Waals surface area contributed by atoms with E-state index in [0.29, 0.717) is 60.1 Å². The van der Waals surface area contributed by atoms with Crippen LogP contribution in [0.5, 0.6) is 5.75 Å². The molecule has 10 nitrogen and oxygen atoms in total. The largest absolute Gasteiger partial charge is 0.493 e. The van der Waals surface area contributed by atoms with Crippen molar-refractivity contribution in [3.8, 4) is 17.9 Å². The molecule has 3 aliphatic heterocycles. The van der Waals surface area contributed by atoms with Crippen LogP contribution in [-0.2, 0) is 25.5 Å². The van der Waals surface area contributed by atoms with Gasteiger partial charge in [-0.05, 0) is 55.7 Å². The number of aromatic amines is 1. The van der Waals surface area contributed by atoms with Crippen LogP contribution in [0.25, 0.3) is 21.7 Å². The zero-order valence-electron chi connectivity index (χ0n) is 24.9. The number of carbonyl (C=O) groups is 3. The molecule has 47 heavy (non-hydrogen) atoms. The van der Waals surface area contributed by atoms with Crippen molar-refractivity contribution in [1.82, 2.24) is 4.98 Å². The fourth-order valence-electron chi connectivity index (χ4n) is 7.24. The summed E-state index contributed by atoms with van der Waals surface area (Å²) >= 11 is 0. The van der Waals surface area contributed by atoms with E-state index in [1.54, 1.807) is 12.1 Å². The Hall–Kier alpha value is -5.40. The number of benzene rings is 3. The first-order valence-corrected chi connectivity index (χ1v) is 14.7. The van der Waals surface area contributed by atoms with Crippen molar-refractivity contribution in [3.63, 3.8) is 0 Å². The molecule has 4 aromatic rings. The molecular weight excluding hydrogens is 617 g/mol. The third-order valence-electron chi connectivity index (χ3n) is 9.32. The Balaban J connectivity index is 0.000000499. The van der Waals surface area contributed by atoms with Gasteiger partial charge in [-0.2, -0.15) is 23.7 Å². The summed E-state index contributed by atoms with van der Waals surface area (Å²) in [4.78, 5) is 41.4. The molecule has 3 saturated heterocycles. The van der Waals surface area contributed by atoms with Gasteiger partial charge in [0, 0.05) is 34.3 Å². The number of hydrogen-bond acceptors (Lipinski definition) is 7. The number of carbonyl (C=O) groups excluding carboxylic acids is 2. The third kappa shape index (κ3) is 5.22. The van der Waals surface area contributed by atoms with Crippen LogP contribution in [0.15, 0.2) is 60.8 Å². The first-order chi connectivity index (χ1) is 22.3. The number of rotatable bonds is 6. The Bertz CT molecular complexity index is 2030. The summed E-state index contributed by atoms with van der Waals surface area (Å²) in [6.45, 7) is 2.27. The summed E-state index contributed by atoms with van der Waals surface area (Å²) < 4.78 is 44.5. The van der Waals surface area contributed by atoms with Gasteiger partial charge in [-0.3, -0.25) is 9.59 Å². The Labute approximate surface area is 265 Å². The molecule has 3 aromatic carbocycles. The van der Waals surface area contributed by atoms with E-state index >= 15 is 0 Å². The van der Waals surface area contributed by atoms with Gasteiger partial charge >= 0.3 is 12.1 Å². The van der Waals surface area contributed by atoms with Crippen LogP contribution >= 0.6 is 0 Å². The van der Waals surface area contributed by atoms with Crippen LogP contribution in [0.1, 0.15) is 37.3 Å². The molecule has 0 radical (unpaired) electrons. The topological polar surface area (TPSA) is 157 Å². The summed E-state index contributed by atoms with van der Waals surface area (Å²) in [6, 6.07) is 20.9. The van der Waals surface area contributed by atoms with E-state index in [2.05, 4.69) is 17.1 Å². The molecule has 0 unspecified atom stereocenters. The number of nitrogens with zero attached hydrogens (tertiary/aromatic N) is 3. The highest BCUT2D eigenvalue weighted by atomic mass is 19.4. The lowest BCUT2D eigenvalue weighted by Gasteiger charge is -2.31. The van der Waals surface area contributed by atoms with Crippen molar-refractivity contribution >= 4 is 45.1 Å². The number of amides is 2. The second-order valence-corrected chi connectivity index (χ2v) is 12.0. The SMILES string of the molecule is C[C@]12CC[C@](CCOc3ccc4[nH]cc(CC#N)c4c3)(O1)[C@@H]1C(=O)N(c3ccc(C#N)c4ccccc34)C(=O)[C@@H]12.O=C(O)C(F)(F)F. The maximum atomic E-state index is 14.1. The van der Waals surface area contributed by atoms with Crippen LogP contribution in [-0.4, -0.2) is 51.9 Å². The van der Waals surface area contributed by atoms with Gasteiger partial charge in [0.25, 0.3) is 0 Å². The average molecular weight is 645 g/mol. The van der Waals surface area contributed by atoms with Crippen LogP contribution in [0.2, 0.25) is 0 Å². The number of alkyl halides is 3. The van der Waals surface area contributed by atoms with E-state index in [1.807, 2.05) is 55.6 Å². The third-order valence-corrected chi connectivity index (χ3v) is 9.32. The summed E-state index contributed by atoms with van der Waals surface area (Å²) in [5.41, 5.74) is 1.37. The number of hydrogen-bond donors (Lipinski definition) is 2. The molecule has 0 saturated carbocycles. The number of aromatic nitrogens is 1. The van der Waals surface area contributed by atoms with Gasteiger partial charge in [0.2, 0.25) is 11.8 Å². The summed E-state index contributed by atoms with van der Waals surface area (Å²) in [5, 5.41) is 28.2. The predicted octanol–water partition coefficient (Wildman–Crippen LogP) is 5.79. The van der Waals surface area contributed by atoms with E-state index in [0.717, 1.165) is 16.5 Å². The molecule has 1 aromatic heterocycles. The normalized spacial score (nSPS) is 24.5. The molecule has 4 heterocycles. The molecule has 3 fully saturated rings. The van der Waals surface area contributed by atoms with Gasteiger partial charge < -0.3 is 19.6 Å². The molecule has 3 aliphatic rings. The van der Waals surface area contributed by atoms with E-state index < -0.39 is 35.2 Å². The number of H-pyrrole nitrogens is 1. The number of imide groups is 1. The van der Waals surface area contributed by atoms with Crippen molar-refractivity contribution in [2.75, 3.05) is 11.5 Å². The second kappa shape index (κ2) is 11.4. The van der Waals surface area contributed by atoms with E-state index in [4.69, 9.17) is 24.6 Å². The van der Waals surface area contributed by atoms with Crippen molar-refractivity contribution < 1.29 is 42.1 Å². The monoisotopic (exact) mass is 644 g/mol. The molecule has 0 spiro atoms. The fraction of sp³-hybridized carbons (Fsp3) is 0.324. The Kier molecular flexibility index (Phi) is 7.69. The first kappa shape index (κ1) is 31.6. The minimum atomic E-state index is -5.08. The second-order valence-electron chi connectivity index (χ2n) is 12.0. The Morgan fingerprint density at radius 2 is 1.77 bits per heavy atom. The molecule has 7 rings (SSSR count). The first-order valence-electron chi connectivity index (χ1n) is 14.7. The smallest absolute Gasteiger partial charge is 0.490 e. The van der Waals surface area contributed by atoms with Crippen molar-refractivity contribution in [3.05, 3.63) is 71.9 Å². The minimum absolute atomic E-state index is 0.238. The van der Waals surface area contributed by atoms with Crippen LogP contribution in [0.4, 0.5) is 18.9 Å². The number of halogens is 3. The number of nitrogens with one attached hydrogen (secondary N) is 1. The van der Waals surface area contributed by atoms with Crippen LogP contribution in [0, 0.1) is 34.5 Å². The zero-order valence-corrected chi connectivity index (χ0v) is 24.9. The number of carboxylic acids is 1. The van der Waals surface area contributed by atoms with E-state index in [-0.39, 0.29) is 11.8 Å². The standard InChI is InChI=1S/C32H26N4O4.C2HF3O2/c1-31-11-12-32(40-31,13-15-39-21-7-8-25-24(16-21)20(10-14-33)18-35-25)28-27(31)29(37)36(30(28)38)26-9-6-19(17-34)22-4-2-3-5-23(22)26;3-2(4,5)1(6)7/h2-9,16,18,27-28,35H,10-13,15H2,1H3;(H,6,7)/t27-,28+,31-,32-;/m1./s1. The van der Waals surface area contributed by atoms with Gasteiger partial charge in [-0.25, -0.2) is 9.69 Å². The number of aliphatic carboxylic acids is 1. The lowest BCUT2D eigenvalue weighted by molar-refractivity contribution is -0.192. The molecule has 13 heteroatoms. The van der Waals surface area contributed by atoms with Gasteiger partial charge in [0.1, 0.15) is 5.75 Å². The predicted molar refractivity (Wildman–Crippen MR) is 161 cm³/mol. The minimum Gasteiger partial charge on any atom is -0.493 e. The number of fused-ring (bicyclic) bond motifs is 7. The zero-order chi connectivity index (χ0) is 33.7. The van der Waals surface area contributed by atoms with Crippen molar-refractivity contribution in [2.24, 2.45) is 11.8 Å². The van der Waals surface area contributed by atoms with Gasteiger partial charge in [0.05, 0.1) is 59.5 Å². The molecule has 2 bridgehead atoms. The summed E-state index contributed by atoms with van der Waals surface area (Å²) in [7, 11) is 0. The average Bonchev–Trinajstić information content (AvgIpc) is 3.75. The summed E-state index contributed by atoms with van der Waals surface area (Å²) in [5.74, 6) is -3.72. The molecule has 0 aliphatic carbocycles. The Morgan fingerprint density at radius 1 is 1.06 bits per heavy atom. The van der Waals surface area contributed by atoms with Crippen molar-refractivity contribution in [2.45, 2.75) is 50.0 Å². The number of anilines is 1. The highest BCUT2D eigenvalue weighted by Crippen LogP contribution is 2.62. The van der Waals surface area contributed by atoms with Crippen molar-refractivity contribution in [1.29, 1.82) is 10.5 Å². The van der Waals surface area contributed by atoms with Gasteiger partial charge in [-0.15, -0.1) is 0 Å². The van der Waals surface area contributed by atoms with Crippen LogP contribution < -0.4 is 9.64 Å². The number of nitriles is 2. The molecule has 2 amide bonds. The van der Waals surface area contributed by atoms with Crippen LogP contribution in [0.3, 0.4) is 0 Å². The summed E-state index contributed by atoms with van der Waals surface area (Å²) in [6.07, 6.45) is -1.08. The maximum absolute atomic E-state index is 14.1. The fourth-order valence-corrected chi connectivity index (χ4v) is 7.24. The molecule has 4 atom stereocenters. The molecule has 2 N–H and O–H groups in total. The quantitative estimate of drug-likeness (QED) is 0.250. The lowest BCUT2D eigenvalue weighted by Crippen LogP contribution is -2.43. The molecular formula is C34H27F3N4O6. The van der Waals surface area contributed by atoms with E-state index in [9.17, 15) is 28.0 Å². The molecule has 240 valence electrons. The van der Waals surface area contributed by atoms with E-state index in [1.165, 1.54) is 4.90 Å². The van der Waals surface area contributed by atoms with Gasteiger partial charge in [-0.1, -0.05) is 24.3 Å². The maximum Gasteiger partial charge on any atom is 0.490 e.